The summed E-state index contributed by atoms with van der Waals surface area (Å²) in [5.74, 6) is -0.519. The van der Waals surface area contributed by atoms with Crippen molar-refractivity contribution in [2.24, 2.45) is 0 Å². The molecule has 1 heterocycles. The molecular formula is C9H7ClF2INO2. The Bertz CT molecular complexity index is 415. The van der Waals surface area contributed by atoms with Gasteiger partial charge < -0.3 is 4.74 Å². The molecule has 88 valence electrons. The van der Waals surface area contributed by atoms with Crippen molar-refractivity contribution in [3.63, 3.8) is 0 Å². The van der Waals surface area contributed by atoms with Crippen molar-refractivity contribution in [2.45, 2.75) is 12.8 Å². The predicted octanol–water partition coefficient (Wildman–Crippen LogP) is 2.99. The molecule has 1 rings (SSSR count). The van der Waals surface area contributed by atoms with Crippen LogP contribution in [0.15, 0.2) is 6.20 Å². The molecule has 0 saturated heterocycles. The first-order valence-corrected chi connectivity index (χ1v) is 5.60. The summed E-state index contributed by atoms with van der Waals surface area (Å²) >= 11 is 7.53. The average molecular weight is 362 g/mol. The van der Waals surface area contributed by atoms with Crippen LogP contribution in [0.3, 0.4) is 0 Å². The average Bonchev–Trinajstić information content (AvgIpc) is 2.24. The number of methoxy groups -OCH3 is 1. The zero-order chi connectivity index (χ0) is 12.3. The highest BCUT2D eigenvalue weighted by atomic mass is 127. The SMILES string of the molecule is COC(=O)Cc1ncc(C(F)F)c(I)c1Cl. The number of halogens is 4. The van der Waals surface area contributed by atoms with E-state index in [-0.39, 0.29) is 26.3 Å². The number of rotatable bonds is 3. The Morgan fingerprint density at radius 1 is 1.69 bits per heavy atom. The lowest BCUT2D eigenvalue weighted by molar-refractivity contribution is -0.139. The Balaban J connectivity index is 3.07. The third kappa shape index (κ3) is 3.00. The molecule has 0 spiro atoms. The lowest BCUT2D eigenvalue weighted by atomic mass is 10.2. The third-order valence-electron chi connectivity index (χ3n) is 1.83. The third-order valence-corrected chi connectivity index (χ3v) is 3.72. The number of nitrogens with zero attached hydrogens (tertiary/aromatic N) is 1. The van der Waals surface area contributed by atoms with Gasteiger partial charge in [0.05, 0.1) is 29.8 Å². The monoisotopic (exact) mass is 361 g/mol. The predicted molar refractivity (Wildman–Crippen MR) is 62.6 cm³/mol. The van der Waals surface area contributed by atoms with Gasteiger partial charge in [0.1, 0.15) is 0 Å². The molecule has 0 bridgehead atoms. The Labute approximate surface area is 109 Å². The van der Waals surface area contributed by atoms with Crippen molar-refractivity contribution < 1.29 is 18.3 Å². The van der Waals surface area contributed by atoms with Gasteiger partial charge in [-0.25, -0.2) is 8.78 Å². The van der Waals surface area contributed by atoms with Crippen molar-refractivity contribution >= 4 is 40.2 Å². The molecule has 0 unspecified atom stereocenters. The lowest BCUT2D eigenvalue weighted by Gasteiger charge is -2.08. The van der Waals surface area contributed by atoms with Gasteiger partial charge in [-0.2, -0.15) is 0 Å². The minimum absolute atomic E-state index is 0.0730. The Morgan fingerprint density at radius 2 is 2.31 bits per heavy atom. The highest BCUT2D eigenvalue weighted by Crippen LogP contribution is 2.30. The molecule has 0 fully saturated rings. The van der Waals surface area contributed by atoms with E-state index in [0.29, 0.717) is 0 Å². The fourth-order valence-electron chi connectivity index (χ4n) is 0.998. The molecule has 0 N–H and O–H groups in total. The first-order chi connectivity index (χ1) is 7.47. The minimum Gasteiger partial charge on any atom is -0.469 e. The van der Waals surface area contributed by atoms with Crippen molar-refractivity contribution in [3.8, 4) is 0 Å². The second-order valence-corrected chi connectivity index (χ2v) is 4.30. The van der Waals surface area contributed by atoms with Crippen LogP contribution in [-0.4, -0.2) is 18.1 Å². The summed E-state index contributed by atoms with van der Waals surface area (Å²) in [6.45, 7) is 0. The summed E-state index contributed by atoms with van der Waals surface area (Å²) in [5.41, 5.74) is 0.00142. The molecule has 0 aromatic carbocycles. The van der Waals surface area contributed by atoms with Crippen LogP contribution < -0.4 is 0 Å². The number of aromatic nitrogens is 1. The molecular weight excluding hydrogens is 354 g/mol. The number of esters is 1. The summed E-state index contributed by atoms with van der Waals surface area (Å²) in [6.07, 6.45) is -1.74. The van der Waals surface area contributed by atoms with Gasteiger partial charge in [-0.3, -0.25) is 9.78 Å². The minimum atomic E-state index is -2.64. The molecule has 0 aliphatic rings. The summed E-state index contributed by atoms with van der Waals surface area (Å²) in [6, 6.07) is 0. The molecule has 1 aromatic rings. The second-order valence-electron chi connectivity index (χ2n) is 2.84. The Hall–Kier alpha value is -0.500. The lowest BCUT2D eigenvalue weighted by Crippen LogP contribution is -2.08. The number of pyridine rings is 1. The van der Waals surface area contributed by atoms with Gasteiger partial charge in [-0.1, -0.05) is 11.6 Å². The van der Waals surface area contributed by atoms with E-state index in [1.54, 1.807) is 22.6 Å². The van der Waals surface area contributed by atoms with Crippen LogP contribution in [0.2, 0.25) is 5.02 Å². The fraction of sp³-hybridized carbons (Fsp3) is 0.333. The Kier molecular flexibility index (Phi) is 4.85. The number of carbonyl (C=O) groups is 1. The van der Waals surface area contributed by atoms with Crippen molar-refractivity contribution in [2.75, 3.05) is 7.11 Å². The number of ether oxygens (including phenoxy) is 1. The maximum atomic E-state index is 12.5. The van der Waals surface area contributed by atoms with Crippen LogP contribution in [0.25, 0.3) is 0 Å². The van der Waals surface area contributed by atoms with Gasteiger partial charge in [-0.15, -0.1) is 0 Å². The van der Waals surface area contributed by atoms with Gasteiger partial charge in [0.15, 0.2) is 0 Å². The van der Waals surface area contributed by atoms with Gasteiger partial charge in [0.2, 0.25) is 0 Å². The number of hydrogen-bond acceptors (Lipinski definition) is 3. The van der Waals surface area contributed by atoms with Crippen LogP contribution in [-0.2, 0) is 16.0 Å². The van der Waals surface area contributed by atoms with Crippen molar-refractivity contribution in [3.05, 3.63) is 26.0 Å². The molecule has 3 nitrogen and oxygen atoms in total. The molecule has 1 aromatic heterocycles. The van der Waals surface area contributed by atoms with Crippen LogP contribution in [0, 0.1) is 3.57 Å². The van der Waals surface area contributed by atoms with Crippen LogP contribution >= 0.6 is 34.2 Å². The van der Waals surface area contributed by atoms with E-state index in [2.05, 4.69) is 9.72 Å². The zero-order valence-corrected chi connectivity index (χ0v) is 11.1. The highest BCUT2D eigenvalue weighted by Gasteiger charge is 2.18. The van der Waals surface area contributed by atoms with E-state index in [0.717, 1.165) is 6.20 Å². The quantitative estimate of drug-likeness (QED) is 0.614. The molecule has 0 aliphatic heterocycles. The molecule has 0 amide bonds. The largest absolute Gasteiger partial charge is 0.469 e. The van der Waals surface area contributed by atoms with Gasteiger partial charge in [-0.05, 0) is 22.6 Å². The Morgan fingerprint density at radius 3 is 2.81 bits per heavy atom. The normalized spacial score (nSPS) is 10.6. The van der Waals surface area contributed by atoms with Gasteiger partial charge >= 0.3 is 5.97 Å². The summed E-state index contributed by atoms with van der Waals surface area (Å²) in [4.78, 5) is 14.7. The summed E-state index contributed by atoms with van der Waals surface area (Å²) in [5, 5.41) is 0.0730. The number of carbonyl (C=O) groups excluding carboxylic acids is 1. The van der Waals surface area contributed by atoms with Crippen molar-refractivity contribution in [1.82, 2.24) is 4.98 Å². The van der Waals surface area contributed by atoms with E-state index in [1.165, 1.54) is 7.11 Å². The molecule has 0 saturated carbocycles. The number of hydrogen-bond donors (Lipinski definition) is 0. The fourth-order valence-corrected chi connectivity index (χ4v) is 1.91. The van der Waals surface area contributed by atoms with Gasteiger partial charge in [0, 0.05) is 9.77 Å². The maximum Gasteiger partial charge on any atom is 0.311 e. The molecule has 0 atom stereocenters. The molecule has 0 radical (unpaired) electrons. The van der Waals surface area contributed by atoms with E-state index in [4.69, 9.17) is 11.6 Å². The number of alkyl halides is 2. The summed E-state index contributed by atoms with van der Waals surface area (Å²) in [7, 11) is 1.23. The topological polar surface area (TPSA) is 39.2 Å². The molecule has 7 heteroatoms. The first-order valence-electron chi connectivity index (χ1n) is 4.15. The first kappa shape index (κ1) is 13.6. The van der Waals surface area contributed by atoms with Gasteiger partial charge in [0.25, 0.3) is 6.43 Å². The standard InChI is InChI=1S/C9H7ClF2INO2/c1-16-6(15)2-5-7(10)8(13)4(3-14-5)9(11)12/h3,9H,2H2,1H3. The molecule has 16 heavy (non-hydrogen) atoms. The van der Waals surface area contributed by atoms with Crippen molar-refractivity contribution in [1.29, 1.82) is 0 Å². The van der Waals surface area contributed by atoms with E-state index < -0.39 is 12.4 Å². The maximum absolute atomic E-state index is 12.5. The van der Waals surface area contributed by atoms with E-state index in [1.807, 2.05) is 0 Å². The van der Waals surface area contributed by atoms with E-state index >= 15 is 0 Å². The van der Waals surface area contributed by atoms with Crippen LogP contribution in [0.5, 0.6) is 0 Å². The smallest absolute Gasteiger partial charge is 0.311 e. The second kappa shape index (κ2) is 5.72. The van der Waals surface area contributed by atoms with E-state index in [9.17, 15) is 13.6 Å². The summed E-state index contributed by atoms with van der Waals surface area (Å²) < 4.78 is 29.6. The van der Waals surface area contributed by atoms with Crippen LogP contribution in [0.4, 0.5) is 8.78 Å². The van der Waals surface area contributed by atoms with Crippen LogP contribution in [0.1, 0.15) is 17.7 Å². The zero-order valence-electron chi connectivity index (χ0n) is 8.14. The molecule has 0 aliphatic carbocycles. The highest BCUT2D eigenvalue weighted by molar-refractivity contribution is 14.1.